The Morgan fingerprint density at radius 3 is 2.73 bits per heavy atom. The monoisotopic (exact) mass is 418 g/mol. The Kier molecular flexibility index (Phi) is 4.40. The lowest BCUT2D eigenvalue weighted by Gasteiger charge is -2.34. The number of nitrogens with zero attached hydrogens (tertiary/aromatic N) is 3. The summed E-state index contributed by atoms with van der Waals surface area (Å²) in [4.78, 5) is 17.8. The third kappa shape index (κ3) is 2.77. The lowest BCUT2D eigenvalue weighted by Crippen LogP contribution is -2.32. The second-order valence-electron chi connectivity index (χ2n) is 9.25. The molecule has 5 nitrogen and oxygen atoms in total. The summed E-state index contributed by atoms with van der Waals surface area (Å²) in [6.07, 6.45) is 2.29. The first-order valence-corrected chi connectivity index (χ1v) is 11.4. The number of thioether (sulfide) groups is 1. The zero-order valence-electron chi connectivity index (χ0n) is 17.8. The molecule has 0 spiro atoms. The summed E-state index contributed by atoms with van der Waals surface area (Å²) < 4.78 is 0. The lowest BCUT2D eigenvalue weighted by molar-refractivity contribution is -0.115. The average molecular weight is 419 g/mol. The molecule has 1 amide bonds. The number of anilines is 1. The molecule has 1 aromatic heterocycles. The molecule has 1 heterocycles. The van der Waals surface area contributed by atoms with Crippen LogP contribution in [0.2, 0.25) is 0 Å². The highest BCUT2D eigenvalue weighted by molar-refractivity contribution is 8.00. The molecule has 6 heteroatoms. The van der Waals surface area contributed by atoms with Crippen LogP contribution in [0, 0.1) is 5.41 Å². The van der Waals surface area contributed by atoms with Crippen LogP contribution in [0.4, 0.5) is 5.69 Å². The number of hydrogen-bond acceptors (Lipinski definition) is 5. The highest BCUT2D eigenvalue weighted by atomic mass is 32.2. The van der Waals surface area contributed by atoms with Gasteiger partial charge in [-0.15, -0.1) is 5.10 Å². The molecular formula is C24H26N4OS. The third-order valence-corrected chi connectivity index (χ3v) is 8.42. The zero-order chi connectivity index (χ0) is 21.1. The molecule has 3 atom stereocenters. The molecule has 5 rings (SSSR count). The Hall–Kier alpha value is -2.47. The fourth-order valence-electron chi connectivity index (χ4n) is 5.19. The predicted octanol–water partition coefficient (Wildman–Crippen LogP) is 5.32. The Labute approximate surface area is 181 Å². The number of amides is 1. The first kappa shape index (κ1) is 19.5. The van der Waals surface area contributed by atoms with Crippen LogP contribution >= 0.6 is 11.8 Å². The van der Waals surface area contributed by atoms with Crippen molar-refractivity contribution >= 4 is 34.1 Å². The fourth-order valence-corrected chi connectivity index (χ4v) is 5.91. The SMILES string of the molecule is C[C@H](Sc1nnc2c(n1)[C@]1(C)CC[C@@H]2C1(C)C)C(=O)Nc1cccc2ccccc12. The molecule has 2 aliphatic rings. The van der Waals surface area contributed by atoms with Crippen LogP contribution in [-0.4, -0.2) is 26.3 Å². The van der Waals surface area contributed by atoms with E-state index in [1.165, 1.54) is 11.8 Å². The first-order chi connectivity index (χ1) is 14.3. The Morgan fingerprint density at radius 1 is 1.13 bits per heavy atom. The van der Waals surface area contributed by atoms with Crippen molar-refractivity contribution in [3.8, 4) is 0 Å². The minimum atomic E-state index is -0.330. The highest BCUT2D eigenvalue weighted by Crippen LogP contribution is 2.66. The van der Waals surface area contributed by atoms with Crippen LogP contribution in [-0.2, 0) is 10.2 Å². The lowest BCUT2D eigenvalue weighted by atomic mass is 9.70. The first-order valence-electron chi connectivity index (χ1n) is 10.5. The van der Waals surface area contributed by atoms with Gasteiger partial charge < -0.3 is 5.32 Å². The van der Waals surface area contributed by atoms with E-state index in [9.17, 15) is 4.79 Å². The summed E-state index contributed by atoms with van der Waals surface area (Å²) in [6.45, 7) is 8.83. The van der Waals surface area contributed by atoms with E-state index in [-0.39, 0.29) is 22.0 Å². The van der Waals surface area contributed by atoms with Gasteiger partial charge in [-0.2, -0.15) is 5.10 Å². The van der Waals surface area contributed by atoms with Gasteiger partial charge in [0.15, 0.2) is 0 Å². The molecule has 3 aromatic rings. The van der Waals surface area contributed by atoms with Crippen molar-refractivity contribution < 1.29 is 4.79 Å². The molecular weight excluding hydrogens is 392 g/mol. The van der Waals surface area contributed by atoms with Crippen molar-refractivity contribution in [3.05, 3.63) is 53.9 Å². The van der Waals surface area contributed by atoms with Crippen LogP contribution in [0.5, 0.6) is 0 Å². The van der Waals surface area contributed by atoms with Gasteiger partial charge in [0.1, 0.15) is 0 Å². The molecule has 30 heavy (non-hydrogen) atoms. The van der Waals surface area contributed by atoms with E-state index in [2.05, 4.69) is 36.3 Å². The van der Waals surface area contributed by atoms with E-state index in [0.29, 0.717) is 11.1 Å². The van der Waals surface area contributed by atoms with Gasteiger partial charge in [0, 0.05) is 22.4 Å². The maximum atomic E-state index is 12.9. The van der Waals surface area contributed by atoms with Crippen molar-refractivity contribution in [2.24, 2.45) is 5.41 Å². The predicted molar refractivity (Wildman–Crippen MR) is 121 cm³/mol. The molecule has 0 radical (unpaired) electrons. The van der Waals surface area contributed by atoms with Crippen molar-refractivity contribution in [1.82, 2.24) is 15.2 Å². The van der Waals surface area contributed by atoms with Gasteiger partial charge in [-0.3, -0.25) is 4.79 Å². The summed E-state index contributed by atoms with van der Waals surface area (Å²) in [5, 5.41) is 14.4. The normalized spacial score (nSPS) is 24.6. The quantitative estimate of drug-likeness (QED) is 0.581. The van der Waals surface area contributed by atoms with Crippen molar-refractivity contribution in [3.63, 3.8) is 0 Å². The molecule has 0 unspecified atom stereocenters. The van der Waals surface area contributed by atoms with E-state index >= 15 is 0 Å². The molecule has 154 valence electrons. The number of aromatic nitrogens is 3. The van der Waals surface area contributed by atoms with Crippen molar-refractivity contribution in [2.75, 3.05) is 5.32 Å². The van der Waals surface area contributed by atoms with Crippen LogP contribution in [0.25, 0.3) is 10.8 Å². The standard InChI is InChI=1S/C24H26N4OS/c1-14(21(29)25-18-11-7-9-15-8-5-6-10-16(15)18)30-22-26-20-19(27-28-22)17-12-13-24(20,4)23(17,2)3/h5-11,14,17H,12-13H2,1-4H3,(H,25,29)/t14-,17-,24-/m0/s1. The van der Waals surface area contributed by atoms with Crippen LogP contribution in [0.15, 0.2) is 47.6 Å². The van der Waals surface area contributed by atoms with Gasteiger partial charge in [0.25, 0.3) is 0 Å². The van der Waals surface area contributed by atoms with Crippen LogP contribution in [0.1, 0.15) is 57.8 Å². The second-order valence-corrected chi connectivity index (χ2v) is 10.6. The molecule has 0 aliphatic heterocycles. The minimum absolute atomic E-state index is 0.0344. The number of carbonyl (C=O) groups excluding carboxylic acids is 1. The van der Waals surface area contributed by atoms with Crippen LogP contribution < -0.4 is 5.32 Å². The highest BCUT2D eigenvalue weighted by Gasteiger charge is 2.61. The Morgan fingerprint density at radius 2 is 1.90 bits per heavy atom. The molecule has 0 saturated heterocycles. The number of fused-ring (bicyclic) bond motifs is 6. The van der Waals surface area contributed by atoms with E-state index < -0.39 is 0 Å². The van der Waals surface area contributed by atoms with Gasteiger partial charge in [-0.25, -0.2) is 4.98 Å². The second kappa shape index (κ2) is 6.77. The topological polar surface area (TPSA) is 67.8 Å². The Bertz CT molecular complexity index is 1160. The maximum Gasteiger partial charge on any atom is 0.237 e. The third-order valence-electron chi connectivity index (χ3n) is 7.47. The number of benzene rings is 2. The summed E-state index contributed by atoms with van der Waals surface area (Å²) in [7, 11) is 0. The average Bonchev–Trinajstić information content (AvgIpc) is 3.06. The van der Waals surface area contributed by atoms with E-state index in [1.807, 2.05) is 49.4 Å². The van der Waals surface area contributed by atoms with Gasteiger partial charge in [-0.05, 0) is 36.6 Å². The van der Waals surface area contributed by atoms with Crippen LogP contribution in [0.3, 0.4) is 0 Å². The van der Waals surface area contributed by atoms with Gasteiger partial charge >= 0.3 is 0 Å². The molecule has 1 saturated carbocycles. The van der Waals surface area contributed by atoms with Crippen molar-refractivity contribution in [2.45, 2.75) is 62.3 Å². The van der Waals surface area contributed by atoms with Gasteiger partial charge in [-0.1, -0.05) is 68.9 Å². The number of hydrogen-bond donors (Lipinski definition) is 1. The summed E-state index contributed by atoms with van der Waals surface area (Å²) in [6, 6.07) is 14.0. The summed E-state index contributed by atoms with van der Waals surface area (Å²) >= 11 is 1.37. The van der Waals surface area contributed by atoms with Gasteiger partial charge in [0.2, 0.25) is 11.1 Å². The fraction of sp³-hybridized carbons (Fsp3) is 0.417. The summed E-state index contributed by atoms with van der Waals surface area (Å²) in [5.41, 5.74) is 3.16. The molecule has 2 bridgehead atoms. The molecule has 2 aliphatic carbocycles. The number of rotatable bonds is 4. The van der Waals surface area contributed by atoms with Gasteiger partial charge in [0.05, 0.1) is 16.6 Å². The van der Waals surface area contributed by atoms with Crippen molar-refractivity contribution in [1.29, 1.82) is 0 Å². The van der Waals surface area contributed by atoms with E-state index in [0.717, 1.165) is 40.7 Å². The minimum Gasteiger partial charge on any atom is -0.325 e. The molecule has 1 fully saturated rings. The van der Waals surface area contributed by atoms with E-state index in [4.69, 9.17) is 4.98 Å². The maximum absolute atomic E-state index is 12.9. The smallest absolute Gasteiger partial charge is 0.237 e. The molecule has 2 aromatic carbocycles. The summed E-state index contributed by atoms with van der Waals surface area (Å²) in [5.74, 6) is 0.372. The number of nitrogens with one attached hydrogen (secondary N) is 1. The number of carbonyl (C=O) groups is 1. The van der Waals surface area contributed by atoms with E-state index in [1.54, 1.807) is 0 Å². The largest absolute Gasteiger partial charge is 0.325 e. The Balaban J connectivity index is 1.35. The molecule has 1 N–H and O–H groups in total. The zero-order valence-corrected chi connectivity index (χ0v) is 18.6.